The lowest BCUT2D eigenvalue weighted by Gasteiger charge is -2.16. The molecule has 1 heterocycles. The minimum atomic E-state index is -4.72. The molecule has 0 unspecified atom stereocenters. The van der Waals surface area contributed by atoms with E-state index in [4.69, 9.17) is 0 Å². The Bertz CT molecular complexity index is 725. The van der Waals surface area contributed by atoms with Gasteiger partial charge in [0.2, 0.25) is 5.95 Å². The summed E-state index contributed by atoms with van der Waals surface area (Å²) in [6.45, 7) is 4.83. The molecule has 2 rings (SSSR count). The number of nitrogens with zero attached hydrogens (tertiary/aromatic N) is 3. The molecule has 0 spiro atoms. The predicted molar refractivity (Wildman–Crippen MR) is 79.0 cm³/mol. The summed E-state index contributed by atoms with van der Waals surface area (Å²) in [6, 6.07) is 0.802. The molecule has 1 aromatic heterocycles. The lowest BCUT2D eigenvalue weighted by molar-refractivity contribution is -0.384. The molecule has 120 valence electrons. The molecule has 0 amide bonds. The SMILES string of the molecule is CCN(CC)c1nc2cc(C(F)(F)F)c(Br)c([N+](=O)[O-])c2[nH]1. The lowest BCUT2D eigenvalue weighted by atomic mass is 10.1. The van der Waals surface area contributed by atoms with E-state index in [9.17, 15) is 23.3 Å². The molecule has 0 bridgehead atoms. The van der Waals surface area contributed by atoms with Crippen LogP contribution in [0.2, 0.25) is 0 Å². The van der Waals surface area contributed by atoms with Gasteiger partial charge in [0.05, 0.1) is 16.0 Å². The average Bonchev–Trinajstić information content (AvgIpc) is 2.80. The van der Waals surface area contributed by atoms with Gasteiger partial charge >= 0.3 is 11.9 Å². The van der Waals surface area contributed by atoms with Gasteiger partial charge in [-0.3, -0.25) is 10.1 Å². The van der Waals surface area contributed by atoms with E-state index in [0.29, 0.717) is 19.0 Å². The third kappa shape index (κ3) is 2.74. The second-order valence-corrected chi connectivity index (χ2v) is 5.26. The first kappa shape index (κ1) is 16.5. The number of fused-ring (bicyclic) bond motifs is 1. The summed E-state index contributed by atoms with van der Waals surface area (Å²) in [5.74, 6) is 0.300. The van der Waals surface area contributed by atoms with Crippen LogP contribution in [-0.2, 0) is 6.18 Å². The summed E-state index contributed by atoms with van der Waals surface area (Å²) in [4.78, 5) is 18.9. The maximum atomic E-state index is 13.0. The molecule has 0 saturated heterocycles. The highest BCUT2D eigenvalue weighted by Gasteiger charge is 2.38. The summed E-state index contributed by atoms with van der Waals surface area (Å²) < 4.78 is 38.4. The average molecular weight is 381 g/mol. The highest BCUT2D eigenvalue weighted by atomic mass is 79.9. The van der Waals surface area contributed by atoms with Crippen LogP contribution in [0, 0.1) is 10.1 Å². The van der Waals surface area contributed by atoms with Gasteiger partial charge in [-0.2, -0.15) is 13.2 Å². The maximum absolute atomic E-state index is 13.0. The number of imidazole rings is 1. The Morgan fingerprint density at radius 1 is 1.41 bits per heavy atom. The highest BCUT2D eigenvalue weighted by Crippen LogP contribution is 2.43. The Labute approximate surface area is 131 Å². The van der Waals surface area contributed by atoms with E-state index in [-0.39, 0.29) is 11.0 Å². The molecule has 0 aliphatic carbocycles. The summed E-state index contributed by atoms with van der Waals surface area (Å²) >= 11 is 2.70. The Morgan fingerprint density at radius 3 is 2.45 bits per heavy atom. The van der Waals surface area contributed by atoms with Crippen LogP contribution in [0.15, 0.2) is 10.5 Å². The van der Waals surface area contributed by atoms with Crippen molar-refractivity contribution in [1.82, 2.24) is 9.97 Å². The molecule has 0 radical (unpaired) electrons. The predicted octanol–water partition coefficient (Wildman–Crippen LogP) is 4.10. The lowest BCUT2D eigenvalue weighted by Crippen LogP contribution is -2.22. The number of H-pyrrole nitrogens is 1. The zero-order chi connectivity index (χ0) is 16.7. The number of nitro groups is 1. The van der Waals surface area contributed by atoms with Crippen molar-refractivity contribution in [3.05, 3.63) is 26.2 Å². The molecule has 0 atom stereocenters. The van der Waals surface area contributed by atoms with Crippen molar-refractivity contribution in [3.63, 3.8) is 0 Å². The summed E-state index contributed by atoms with van der Waals surface area (Å²) in [6.07, 6.45) is -4.72. The molecular weight excluding hydrogens is 369 g/mol. The Kier molecular flexibility index (Phi) is 4.32. The van der Waals surface area contributed by atoms with Gasteiger partial charge in [-0.15, -0.1) is 0 Å². The number of anilines is 1. The van der Waals surface area contributed by atoms with Gasteiger partial charge in [0.25, 0.3) is 0 Å². The number of hydrogen-bond donors (Lipinski definition) is 1. The van der Waals surface area contributed by atoms with Crippen molar-refractivity contribution in [2.45, 2.75) is 20.0 Å². The molecule has 1 N–H and O–H groups in total. The van der Waals surface area contributed by atoms with Crippen LogP contribution in [0.1, 0.15) is 19.4 Å². The molecule has 1 aromatic carbocycles. The molecule has 0 aliphatic rings. The first-order chi connectivity index (χ1) is 10.2. The second-order valence-electron chi connectivity index (χ2n) is 4.47. The van der Waals surface area contributed by atoms with Crippen LogP contribution in [0.3, 0.4) is 0 Å². The number of aromatic nitrogens is 2. The van der Waals surface area contributed by atoms with Crippen LogP contribution in [0.25, 0.3) is 11.0 Å². The van der Waals surface area contributed by atoms with Crippen LogP contribution >= 0.6 is 15.9 Å². The molecule has 2 aromatic rings. The van der Waals surface area contributed by atoms with Gasteiger partial charge in [0.15, 0.2) is 0 Å². The topological polar surface area (TPSA) is 75.1 Å². The van der Waals surface area contributed by atoms with Gasteiger partial charge in [0, 0.05) is 13.1 Å². The summed E-state index contributed by atoms with van der Waals surface area (Å²) in [5, 5.41) is 11.2. The van der Waals surface area contributed by atoms with E-state index in [1.165, 1.54) is 0 Å². The third-order valence-corrected chi connectivity index (χ3v) is 4.04. The zero-order valence-corrected chi connectivity index (χ0v) is 13.2. The Hall–Kier alpha value is -1.84. The van der Waals surface area contributed by atoms with E-state index in [0.717, 1.165) is 6.07 Å². The van der Waals surface area contributed by atoms with Crippen LogP contribution in [0.5, 0.6) is 0 Å². The van der Waals surface area contributed by atoms with Gasteiger partial charge in [-0.05, 0) is 35.8 Å². The highest BCUT2D eigenvalue weighted by molar-refractivity contribution is 9.10. The standard InChI is InChI=1S/C12H12BrF3N4O2/c1-3-19(4-2)11-17-7-5-6(12(14,15)16)8(13)10(20(21)22)9(7)18-11/h5H,3-4H2,1-2H3,(H,17,18). The van der Waals surface area contributed by atoms with E-state index in [1.54, 1.807) is 4.90 Å². The largest absolute Gasteiger partial charge is 0.417 e. The fourth-order valence-corrected chi connectivity index (χ4v) is 2.83. The number of nitrogens with one attached hydrogen (secondary N) is 1. The number of hydrogen-bond acceptors (Lipinski definition) is 4. The van der Waals surface area contributed by atoms with Crippen molar-refractivity contribution in [2.24, 2.45) is 0 Å². The van der Waals surface area contributed by atoms with Crippen LogP contribution in [-0.4, -0.2) is 28.0 Å². The summed E-state index contributed by atoms with van der Waals surface area (Å²) in [5.41, 5.74) is -1.92. The Morgan fingerprint density at radius 2 is 2.00 bits per heavy atom. The number of rotatable bonds is 4. The first-order valence-corrected chi connectivity index (χ1v) is 7.18. The van der Waals surface area contributed by atoms with E-state index in [2.05, 4.69) is 25.9 Å². The molecule has 6 nitrogen and oxygen atoms in total. The normalized spacial score (nSPS) is 11.9. The molecule has 10 heteroatoms. The van der Waals surface area contributed by atoms with Crippen molar-refractivity contribution < 1.29 is 18.1 Å². The van der Waals surface area contributed by atoms with Crippen LogP contribution < -0.4 is 4.90 Å². The summed E-state index contributed by atoms with van der Waals surface area (Å²) in [7, 11) is 0. The maximum Gasteiger partial charge on any atom is 0.417 e. The molecule has 22 heavy (non-hydrogen) atoms. The number of alkyl halides is 3. The van der Waals surface area contributed by atoms with Gasteiger partial charge in [0.1, 0.15) is 9.99 Å². The minimum absolute atomic E-state index is 0.0354. The second kappa shape index (κ2) is 5.75. The Balaban J connectivity index is 2.80. The number of benzene rings is 1. The quantitative estimate of drug-likeness (QED) is 0.639. The fraction of sp³-hybridized carbons (Fsp3) is 0.417. The number of nitro benzene ring substituents is 1. The zero-order valence-electron chi connectivity index (χ0n) is 11.7. The van der Waals surface area contributed by atoms with Gasteiger partial charge in [-0.1, -0.05) is 0 Å². The molecule has 0 fully saturated rings. The minimum Gasteiger partial charge on any atom is -0.343 e. The third-order valence-electron chi connectivity index (χ3n) is 3.23. The molecule has 0 aliphatic heterocycles. The van der Waals surface area contributed by atoms with E-state index >= 15 is 0 Å². The van der Waals surface area contributed by atoms with E-state index in [1.807, 2.05) is 13.8 Å². The van der Waals surface area contributed by atoms with Crippen molar-refractivity contribution in [1.29, 1.82) is 0 Å². The molecular formula is C12H12BrF3N4O2. The van der Waals surface area contributed by atoms with E-state index < -0.39 is 26.8 Å². The van der Waals surface area contributed by atoms with Crippen molar-refractivity contribution >= 4 is 38.6 Å². The smallest absolute Gasteiger partial charge is 0.343 e. The van der Waals surface area contributed by atoms with Gasteiger partial charge in [-0.25, -0.2) is 4.98 Å². The molecule has 0 saturated carbocycles. The monoisotopic (exact) mass is 380 g/mol. The fourth-order valence-electron chi connectivity index (χ4n) is 2.15. The number of aromatic amines is 1. The van der Waals surface area contributed by atoms with Crippen molar-refractivity contribution in [2.75, 3.05) is 18.0 Å². The first-order valence-electron chi connectivity index (χ1n) is 6.39. The van der Waals surface area contributed by atoms with Crippen molar-refractivity contribution in [3.8, 4) is 0 Å². The van der Waals surface area contributed by atoms with Gasteiger partial charge < -0.3 is 9.88 Å². The van der Waals surface area contributed by atoms with Crippen LogP contribution in [0.4, 0.5) is 24.8 Å². The number of halogens is 4.